The van der Waals surface area contributed by atoms with Crippen molar-refractivity contribution in [3.05, 3.63) is 57.6 Å². The molecule has 27 heavy (non-hydrogen) atoms. The number of hydrogen-bond acceptors (Lipinski definition) is 6. The van der Waals surface area contributed by atoms with E-state index in [1.54, 1.807) is 6.07 Å². The molecule has 0 spiro atoms. The first-order valence-corrected chi connectivity index (χ1v) is 8.15. The molecule has 0 radical (unpaired) electrons. The van der Waals surface area contributed by atoms with Crippen LogP contribution < -0.4 is 15.6 Å². The fraction of sp³-hybridized carbons (Fsp3) is 0.118. The Kier molecular flexibility index (Phi) is 6.86. The number of carbonyl (C=O) groups excluding carboxylic acids is 3. The molecule has 0 aliphatic heterocycles. The summed E-state index contributed by atoms with van der Waals surface area (Å²) in [7, 11) is 1.38. The summed E-state index contributed by atoms with van der Waals surface area (Å²) in [5, 5.41) is 10.1. The van der Waals surface area contributed by atoms with Gasteiger partial charge in [0.15, 0.2) is 6.61 Å². The van der Waals surface area contributed by atoms with Crippen LogP contribution in [0.5, 0.6) is 11.5 Å². The average Bonchev–Trinajstić information content (AvgIpc) is 2.65. The largest absolute Gasteiger partial charge is 0.507 e. The molecule has 10 heteroatoms. The first-order valence-electron chi connectivity index (χ1n) is 7.40. The molecule has 3 N–H and O–H groups in total. The summed E-state index contributed by atoms with van der Waals surface area (Å²) in [5.41, 5.74) is 4.14. The maximum atomic E-state index is 12.1. The number of rotatable bonds is 5. The number of halogens is 2. The number of phenols is 1. The second-order valence-electron chi connectivity index (χ2n) is 5.08. The number of nitrogens with one attached hydrogen (secondary N) is 2. The molecule has 0 atom stereocenters. The third-order valence-corrected chi connectivity index (χ3v) is 3.70. The highest BCUT2D eigenvalue weighted by Gasteiger charge is 2.17. The minimum atomic E-state index is -0.951. The molecule has 0 fully saturated rings. The van der Waals surface area contributed by atoms with Gasteiger partial charge in [-0.2, -0.15) is 0 Å². The van der Waals surface area contributed by atoms with Crippen LogP contribution in [-0.4, -0.2) is 36.6 Å². The highest BCUT2D eigenvalue weighted by atomic mass is 35.5. The van der Waals surface area contributed by atoms with Crippen molar-refractivity contribution in [1.29, 1.82) is 0 Å². The standard InChI is InChI=1S/C17H14Cl2N2O6/c1-26-14-5-3-10(19)7-12(14)16(24)21-20-15(23)8-27-17(25)11-6-9(18)2-4-13(11)22/h2-7,22H,8H2,1H3,(H,20,23)(H,21,24). The SMILES string of the molecule is COc1ccc(Cl)cc1C(=O)NNC(=O)COC(=O)c1cc(Cl)ccc1O. The van der Waals surface area contributed by atoms with Gasteiger partial charge in [0.25, 0.3) is 11.8 Å². The van der Waals surface area contributed by atoms with Crippen LogP contribution >= 0.6 is 23.2 Å². The summed E-state index contributed by atoms with van der Waals surface area (Å²) in [4.78, 5) is 35.7. The number of benzene rings is 2. The molecule has 0 bridgehead atoms. The summed E-state index contributed by atoms with van der Waals surface area (Å²) < 4.78 is 9.80. The van der Waals surface area contributed by atoms with Gasteiger partial charge < -0.3 is 14.6 Å². The second-order valence-corrected chi connectivity index (χ2v) is 5.96. The smallest absolute Gasteiger partial charge is 0.342 e. The summed E-state index contributed by atoms with van der Waals surface area (Å²) in [6.07, 6.45) is 0. The summed E-state index contributed by atoms with van der Waals surface area (Å²) >= 11 is 11.6. The zero-order chi connectivity index (χ0) is 20.0. The number of aromatic hydroxyl groups is 1. The van der Waals surface area contributed by atoms with Crippen molar-refractivity contribution in [3.8, 4) is 11.5 Å². The van der Waals surface area contributed by atoms with Gasteiger partial charge in [0.1, 0.15) is 17.1 Å². The lowest BCUT2D eigenvalue weighted by atomic mass is 10.2. The minimum absolute atomic E-state index is 0.103. The van der Waals surface area contributed by atoms with Crippen molar-refractivity contribution in [2.45, 2.75) is 0 Å². The third kappa shape index (κ3) is 5.50. The fourth-order valence-electron chi connectivity index (χ4n) is 1.97. The first-order chi connectivity index (χ1) is 12.8. The molecule has 0 unspecified atom stereocenters. The minimum Gasteiger partial charge on any atom is -0.507 e. The van der Waals surface area contributed by atoms with Crippen LogP contribution in [0.25, 0.3) is 0 Å². The van der Waals surface area contributed by atoms with Crippen molar-refractivity contribution in [2.24, 2.45) is 0 Å². The second kappa shape index (κ2) is 9.11. The molecule has 0 aliphatic carbocycles. The van der Waals surface area contributed by atoms with E-state index in [-0.39, 0.29) is 27.6 Å². The Morgan fingerprint density at radius 1 is 1.00 bits per heavy atom. The van der Waals surface area contributed by atoms with Gasteiger partial charge in [-0.25, -0.2) is 4.79 Å². The molecule has 2 aromatic rings. The molecular weight excluding hydrogens is 399 g/mol. The van der Waals surface area contributed by atoms with E-state index in [4.69, 9.17) is 32.7 Å². The van der Waals surface area contributed by atoms with Gasteiger partial charge in [0.05, 0.1) is 12.7 Å². The molecule has 0 aromatic heterocycles. The van der Waals surface area contributed by atoms with Crippen molar-refractivity contribution >= 4 is 41.0 Å². The highest BCUT2D eigenvalue weighted by Crippen LogP contribution is 2.23. The Morgan fingerprint density at radius 3 is 2.30 bits per heavy atom. The molecule has 142 valence electrons. The average molecular weight is 413 g/mol. The number of hydrazine groups is 1. The summed E-state index contributed by atoms with van der Waals surface area (Å²) in [5.74, 6) is -2.52. The van der Waals surface area contributed by atoms with Crippen LogP contribution in [-0.2, 0) is 9.53 Å². The lowest BCUT2D eigenvalue weighted by Gasteiger charge is -2.11. The lowest BCUT2D eigenvalue weighted by molar-refractivity contribution is -0.125. The first kappa shape index (κ1) is 20.3. The van der Waals surface area contributed by atoms with Gasteiger partial charge in [-0.3, -0.25) is 20.4 Å². The Hall–Kier alpha value is -2.97. The van der Waals surface area contributed by atoms with Gasteiger partial charge in [-0.05, 0) is 36.4 Å². The van der Waals surface area contributed by atoms with Crippen molar-refractivity contribution in [2.75, 3.05) is 13.7 Å². The molecule has 8 nitrogen and oxygen atoms in total. The van der Waals surface area contributed by atoms with Crippen molar-refractivity contribution in [3.63, 3.8) is 0 Å². The number of hydrogen-bond donors (Lipinski definition) is 3. The van der Waals surface area contributed by atoms with E-state index >= 15 is 0 Å². The number of carbonyl (C=O) groups is 3. The topological polar surface area (TPSA) is 114 Å². The molecule has 0 aliphatic rings. The molecule has 2 aromatic carbocycles. The Labute approximate surface area is 163 Å². The third-order valence-electron chi connectivity index (χ3n) is 3.23. The zero-order valence-electron chi connectivity index (χ0n) is 13.9. The normalized spacial score (nSPS) is 10.0. The van der Waals surface area contributed by atoms with E-state index in [0.29, 0.717) is 5.02 Å². The van der Waals surface area contributed by atoms with E-state index < -0.39 is 24.4 Å². The molecule has 2 amide bonds. The maximum Gasteiger partial charge on any atom is 0.342 e. The van der Waals surface area contributed by atoms with Crippen molar-refractivity contribution in [1.82, 2.24) is 10.9 Å². The van der Waals surface area contributed by atoms with Gasteiger partial charge >= 0.3 is 5.97 Å². The van der Waals surface area contributed by atoms with Gasteiger partial charge in [-0.1, -0.05) is 23.2 Å². The maximum absolute atomic E-state index is 12.1. The molecule has 2 rings (SSSR count). The van der Waals surface area contributed by atoms with Crippen LogP contribution in [0.1, 0.15) is 20.7 Å². The monoisotopic (exact) mass is 412 g/mol. The highest BCUT2D eigenvalue weighted by molar-refractivity contribution is 6.31. The molecular formula is C17H14Cl2N2O6. The number of esters is 1. The quantitative estimate of drug-likeness (QED) is 0.512. The Morgan fingerprint density at radius 2 is 1.63 bits per heavy atom. The predicted molar refractivity (Wildman–Crippen MR) is 97.0 cm³/mol. The van der Waals surface area contributed by atoms with E-state index in [1.807, 2.05) is 0 Å². The fourth-order valence-corrected chi connectivity index (χ4v) is 2.31. The van der Waals surface area contributed by atoms with Crippen LogP contribution in [0.3, 0.4) is 0 Å². The van der Waals surface area contributed by atoms with Crippen LogP contribution in [0.4, 0.5) is 0 Å². The van der Waals surface area contributed by atoms with Crippen LogP contribution in [0, 0.1) is 0 Å². The number of phenolic OH excluding ortho intramolecular Hbond substituents is 1. The lowest BCUT2D eigenvalue weighted by Crippen LogP contribution is -2.43. The zero-order valence-corrected chi connectivity index (χ0v) is 15.4. The number of amides is 2. The van der Waals surface area contributed by atoms with Crippen molar-refractivity contribution < 1.29 is 29.0 Å². The van der Waals surface area contributed by atoms with E-state index in [0.717, 1.165) is 0 Å². The number of methoxy groups -OCH3 is 1. The summed E-state index contributed by atoms with van der Waals surface area (Å²) in [6, 6.07) is 8.21. The molecule has 0 heterocycles. The molecule has 0 saturated heterocycles. The van der Waals surface area contributed by atoms with Crippen LogP contribution in [0.15, 0.2) is 36.4 Å². The Bertz CT molecular complexity index is 888. The van der Waals surface area contributed by atoms with E-state index in [2.05, 4.69) is 10.9 Å². The Balaban J connectivity index is 1.89. The van der Waals surface area contributed by atoms with E-state index in [1.165, 1.54) is 37.4 Å². The summed E-state index contributed by atoms with van der Waals surface area (Å²) in [6.45, 7) is -0.697. The molecule has 0 saturated carbocycles. The van der Waals surface area contributed by atoms with Crippen LogP contribution in [0.2, 0.25) is 10.0 Å². The van der Waals surface area contributed by atoms with Gasteiger partial charge in [0.2, 0.25) is 0 Å². The predicted octanol–water partition coefficient (Wildman–Crippen LogP) is 2.33. The van der Waals surface area contributed by atoms with Gasteiger partial charge in [0, 0.05) is 10.0 Å². The van der Waals surface area contributed by atoms with E-state index in [9.17, 15) is 19.5 Å². The number of ether oxygens (including phenoxy) is 2. The van der Waals surface area contributed by atoms with Gasteiger partial charge in [-0.15, -0.1) is 0 Å².